The van der Waals surface area contributed by atoms with E-state index in [0.717, 1.165) is 11.4 Å². The van der Waals surface area contributed by atoms with E-state index in [4.69, 9.17) is 4.74 Å². The molecule has 0 saturated heterocycles. The number of nitrogens with one attached hydrogen (secondary N) is 2. The molecule has 0 spiro atoms. The fourth-order valence-corrected chi connectivity index (χ4v) is 1.74. The van der Waals surface area contributed by atoms with E-state index in [0.29, 0.717) is 24.5 Å². The first-order valence-electron chi connectivity index (χ1n) is 6.97. The molecule has 5 heteroatoms. The Kier molecular flexibility index (Phi) is 5.15. The first-order valence-corrected chi connectivity index (χ1v) is 6.97. The Morgan fingerprint density at radius 3 is 2.38 bits per heavy atom. The molecule has 0 unspecified atom stereocenters. The van der Waals surface area contributed by atoms with E-state index in [9.17, 15) is 4.79 Å². The zero-order chi connectivity index (χ0) is 15.1. The van der Waals surface area contributed by atoms with Crippen LogP contribution in [0.1, 0.15) is 20.3 Å². The van der Waals surface area contributed by atoms with Crippen LogP contribution in [0.2, 0.25) is 0 Å². The Bertz CT molecular complexity index is 579. The maximum atomic E-state index is 11.3. The summed E-state index contributed by atoms with van der Waals surface area (Å²) in [6, 6.07) is 11.3. The summed E-state index contributed by atoms with van der Waals surface area (Å²) in [4.78, 5) is 15.5. The number of hydrogen-bond acceptors (Lipinski definition) is 4. The molecule has 0 atom stereocenters. The molecule has 1 heterocycles. The van der Waals surface area contributed by atoms with Crippen LogP contribution < -0.4 is 15.4 Å². The lowest BCUT2D eigenvalue weighted by atomic mass is 10.3. The quantitative estimate of drug-likeness (QED) is 0.851. The highest BCUT2D eigenvalue weighted by atomic mass is 16.5. The minimum atomic E-state index is -0.0241. The molecule has 5 nitrogen and oxygen atoms in total. The molecule has 0 aliphatic heterocycles. The van der Waals surface area contributed by atoms with E-state index in [1.807, 2.05) is 50.2 Å². The van der Waals surface area contributed by atoms with E-state index in [1.54, 1.807) is 6.20 Å². The fraction of sp³-hybridized carbons (Fsp3) is 0.250. The zero-order valence-corrected chi connectivity index (χ0v) is 12.2. The number of carbonyl (C=O) groups excluding carboxylic acids is 1. The normalized spacial score (nSPS) is 10.0. The van der Waals surface area contributed by atoms with Gasteiger partial charge in [0.15, 0.2) is 0 Å². The van der Waals surface area contributed by atoms with Crippen molar-refractivity contribution < 1.29 is 9.53 Å². The minimum absolute atomic E-state index is 0.0241. The second-order valence-electron chi connectivity index (χ2n) is 4.42. The van der Waals surface area contributed by atoms with Gasteiger partial charge in [-0.1, -0.05) is 6.92 Å². The lowest BCUT2D eigenvalue weighted by Crippen LogP contribution is -2.09. The largest absolute Gasteiger partial charge is 0.494 e. The first kappa shape index (κ1) is 14.8. The van der Waals surface area contributed by atoms with Gasteiger partial charge in [-0.05, 0) is 43.3 Å². The molecule has 0 bridgehead atoms. The number of ether oxygens (including phenoxy) is 1. The number of hydrogen-bond donors (Lipinski definition) is 2. The Balaban J connectivity index is 1.97. The highest BCUT2D eigenvalue weighted by Gasteiger charge is 2.01. The predicted molar refractivity (Wildman–Crippen MR) is 84.1 cm³/mol. The minimum Gasteiger partial charge on any atom is -0.494 e. The van der Waals surface area contributed by atoms with Gasteiger partial charge in [0.25, 0.3) is 0 Å². The van der Waals surface area contributed by atoms with Gasteiger partial charge in [0.1, 0.15) is 11.6 Å². The van der Waals surface area contributed by atoms with Crippen molar-refractivity contribution in [3.63, 3.8) is 0 Å². The molecule has 0 aliphatic rings. The van der Waals surface area contributed by atoms with Gasteiger partial charge < -0.3 is 15.4 Å². The molecule has 2 N–H and O–H groups in total. The van der Waals surface area contributed by atoms with Crippen LogP contribution >= 0.6 is 0 Å². The van der Waals surface area contributed by atoms with Crippen molar-refractivity contribution in [2.45, 2.75) is 20.3 Å². The van der Waals surface area contributed by atoms with Crippen molar-refractivity contribution in [2.24, 2.45) is 0 Å². The molecule has 1 amide bonds. The van der Waals surface area contributed by atoms with Gasteiger partial charge in [0.05, 0.1) is 18.5 Å². The second kappa shape index (κ2) is 7.28. The first-order chi connectivity index (χ1) is 10.2. The number of rotatable bonds is 6. The SMILES string of the molecule is CCOc1ccc(Nc2ccc(NC(=O)CC)cn2)cc1. The van der Waals surface area contributed by atoms with Crippen molar-refractivity contribution in [2.75, 3.05) is 17.2 Å². The van der Waals surface area contributed by atoms with Gasteiger partial charge >= 0.3 is 0 Å². The smallest absolute Gasteiger partial charge is 0.224 e. The highest BCUT2D eigenvalue weighted by molar-refractivity contribution is 5.90. The third kappa shape index (κ3) is 4.49. The molecule has 1 aromatic heterocycles. The van der Waals surface area contributed by atoms with Crippen molar-refractivity contribution in [1.82, 2.24) is 4.98 Å². The highest BCUT2D eigenvalue weighted by Crippen LogP contribution is 2.19. The monoisotopic (exact) mass is 285 g/mol. The Hall–Kier alpha value is -2.56. The van der Waals surface area contributed by atoms with Crippen LogP contribution in [-0.2, 0) is 4.79 Å². The van der Waals surface area contributed by atoms with Crippen molar-refractivity contribution in [3.8, 4) is 5.75 Å². The van der Waals surface area contributed by atoms with E-state index in [2.05, 4.69) is 15.6 Å². The van der Waals surface area contributed by atoms with Gasteiger partial charge in [-0.3, -0.25) is 4.79 Å². The summed E-state index contributed by atoms with van der Waals surface area (Å²) < 4.78 is 5.39. The maximum absolute atomic E-state index is 11.3. The van der Waals surface area contributed by atoms with Crippen LogP contribution in [0.4, 0.5) is 17.2 Å². The Morgan fingerprint density at radius 2 is 1.81 bits per heavy atom. The maximum Gasteiger partial charge on any atom is 0.224 e. The Labute approximate surface area is 124 Å². The molecule has 21 heavy (non-hydrogen) atoms. The van der Waals surface area contributed by atoms with Gasteiger partial charge in [0.2, 0.25) is 5.91 Å². The van der Waals surface area contributed by atoms with E-state index in [-0.39, 0.29) is 5.91 Å². The predicted octanol–water partition coefficient (Wildman–Crippen LogP) is 3.57. The summed E-state index contributed by atoms with van der Waals surface area (Å²) in [5, 5.41) is 5.95. The van der Waals surface area contributed by atoms with E-state index in [1.165, 1.54) is 0 Å². The second-order valence-corrected chi connectivity index (χ2v) is 4.42. The number of aromatic nitrogens is 1. The van der Waals surface area contributed by atoms with Crippen molar-refractivity contribution >= 4 is 23.1 Å². The number of pyridine rings is 1. The average molecular weight is 285 g/mol. The number of carbonyl (C=O) groups is 1. The molecule has 110 valence electrons. The summed E-state index contributed by atoms with van der Waals surface area (Å²) in [7, 11) is 0. The third-order valence-corrected chi connectivity index (χ3v) is 2.81. The summed E-state index contributed by atoms with van der Waals surface area (Å²) in [6.07, 6.45) is 2.08. The molecule has 0 aliphatic carbocycles. The standard InChI is InChI=1S/C16H19N3O2/c1-3-16(20)19-13-7-10-15(17-11-13)18-12-5-8-14(9-6-12)21-4-2/h5-11H,3-4H2,1-2H3,(H,17,18)(H,19,20). The summed E-state index contributed by atoms with van der Waals surface area (Å²) in [5.74, 6) is 1.53. The summed E-state index contributed by atoms with van der Waals surface area (Å²) >= 11 is 0. The van der Waals surface area contributed by atoms with Crippen molar-refractivity contribution in [3.05, 3.63) is 42.6 Å². The summed E-state index contributed by atoms with van der Waals surface area (Å²) in [5.41, 5.74) is 1.62. The van der Waals surface area contributed by atoms with Crippen LogP contribution in [0.3, 0.4) is 0 Å². The molecule has 1 aromatic carbocycles. The fourth-order valence-electron chi connectivity index (χ4n) is 1.74. The molecule has 0 radical (unpaired) electrons. The number of benzene rings is 1. The van der Waals surface area contributed by atoms with Gasteiger partial charge in [-0.15, -0.1) is 0 Å². The summed E-state index contributed by atoms with van der Waals surface area (Å²) in [6.45, 7) is 4.42. The molecular formula is C16H19N3O2. The van der Waals surface area contributed by atoms with Gasteiger partial charge in [-0.2, -0.15) is 0 Å². The van der Waals surface area contributed by atoms with Crippen LogP contribution in [0.15, 0.2) is 42.6 Å². The number of amides is 1. The lowest BCUT2D eigenvalue weighted by Gasteiger charge is -2.08. The van der Waals surface area contributed by atoms with Crippen LogP contribution in [0.25, 0.3) is 0 Å². The molecule has 0 saturated carbocycles. The van der Waals surface area contributed by atoms with Crippen LogP contribution in [0.5, 0.6) is 5.75 Å². The van der Waals surface area contributed by atoms with E-state index < -0.39 is 0 Å². The number of nitrogens with zero attached hydrogens (tertiary/aromatic N) is 1. The molecule has 0 fully saturated rings. The third-order valence-electron chi connectivity index (χ3n) is 2.81. The van der Waals surface area contributed by atoms with Crippen LogP contribution in [0, 0.1) is 0 Å². The zero-order valence-electron chi connectivity index (χ0n) is 12.2. The van der Waals surface area contributed by atoms with Crippen LogP contribution in [-0.4, -0.2) is 17.5 Å². The molecule has 2 rings (SSSR count). The molecule has 2 aromatic rings. The van der Waals surface area contributed by atoms with Gasteiger partial charge in [-0.25, -0.2) is 4.98 Å². The lowest BCUT2D eigenvalue weighted by molar-refractivity contribution is -0.115. The molecular weight excluding hydrogens is 266 g/mol. The Morgan fingerprint density at radius 1 is 1.10 bits per heavy atom. The topological polar surface area (TPSA) is 63.2 Å². The van der Waals surface area contributed by atoms with Gasteiger partial charge in [0, 0.05) is 12.1 Å². The van der Waals surface area contributed by atoms with Crippen molar-refractivity contribution in [1.29, 1.82) is 0 Å². The van der Waals surface area contributed by atoms with E-state index >= 15 is 0 Å². The number of anilines is 3. The average Bonchev–Trinajstić information content (AvgIpc) is 2.51.